The molecule has 5 rings (SSSR count). The summed E-state index contributed by atoms with van der Waals surface area (Å²) in [6, 6.07) is 38.3. The Morgan fingerprint density at radius 3 is 1.90 bits per heavy atom. The summed E-state index contributed by atoms with van der Waals surface area (Å²) >= 11 is 0. The van der Waals surface area contributed by atoms with Crippen LogP contribution in [0, 0.1) is 6.92 Å². The molecule has 1 aliphatic carbocycles. The zero-order chi connectivity index (χ0) is 28.4. The van der Waals surface area contributed by atoms with Gasteiger partial charge in [-0.2, -0.15) is 0 Å². The molecule has 1 atom stereocenters. The van der Waals surface area contributed by atoms with Crippen LogP contribution in [0.3, 0.4) is 0 Å². The number of rotatable bonds is 11. The molecule has 0 unspecified atom stereocenters. The van der Waals surface area contributed by atoms with Crippen LogP contribution in [0.15, 0.2) is 115 Å². The van der Waals surface area contributed by atoms with Crippen molar-refractivity contribution >= 4 is 11.8 Å². The summed E-state index contributed by atoms with van der Waals surface area (Å²) in [5.41, 5.74) is 5.40. The van der Waals surface area contributed by atoms with Gasteiger partial charge in [0.15, 0.2) is 0 Å². The fraction of sp³-hybridized carbons (Fsp3) is 0.297. The fourth-order valence-corrected chi connectivity index (χ4v) is 6.02. The van der Waals surface area contributed by atoms with Gasteiger partial charge in [-0.15, -0.1) is 0 Å². The van der Waals surface area contributed by atoms with Crippen LogP contribution in [-0.4, -0.2) is 28.8 Å². The molecule has 0 aromatic heterocycles. The van der Waals surface area contributed by atoms with E-state index >= 15 is 0 Å². The molecule has 1 fully saturated rings. The summed E-state index contributed by atoms with van der Waals surface area (Å²) in [5.74, 6) is -0.190. The topological polar surface area (TPSA) is 49.4 Å². The van der Waals surface area contributed by atoms with Gasteiger partial charge in [0.25, 0.3) is 0 Å². The Balaban J connectivity index is 1.51. The third-order valence-corrected chi connectivity index (χ3v) is 8.19. The largest absolute Gasteiger partial charge is 0.352 e. The summed E-state index contributed by atoms with van der Waals surface area (Å²) in [7, 11) is 0. The number of nitrogens with zero attached hydrogens (tertiary/aromatic N) is 1. The smallest absolute Gasteiger partial charge is 0.243 e. The summed E-state index contributed by atoms with van der Waals surface area (Å²) in [5, 5.41) is 3.32. The van der Waals surface area contributed by atoms with Crippen molar-refractivity contribution in [2.45, 2.75) is 70.0 Å². The van der Waals surface area contributed by atoms with E-state index in [2.05, 4.69) is 48.6 Å². The summed E-state index contributed by atoms with van der Waals surface area (Å²) in [4.78, 5) is 30.4. The van der Waals surface area contributed by atoms with Gasteiger partial charge in [0.05, 0.1) is 0 Å². The van der Waals surface area contributed by atoms with Gasteiger partial charge >= 0.3 is 0 Å². The van der Waals surface area contributed by atoms with Crippen molar-refractivity contribution in [3.05, 3.63) is 143 Å². The van der Waals surface area contributed by atoms with Crippen molar-refractivity contribution in [1.29, 1.82) is 0 Å². The Morgan fingerprint density at radius 2 is 1.32 bits per heavy atom. The molecule has 0 heterocycles. The van der Waals surface area contributed by atoms with Gasteiger partial charge in [-0.1, -0.05) is 134 Å². The fourth-order valence-electron chi connectivity index (χ4n) is 6.02. The quantitative estimate of drug-likeness (QED) is 0.217. The maximum Gasteiger partial charge on any atom is 0.243 e. The molecule has 1 N–H and O–H groups in total. The van der Waals surface area contributed by atoms with Gasteiger partial charge in [0.2, 0.25) is 11.8 Å². The second-order valence-corrected chi connectivity index (χ2v) is 11.3. The number of nitrogens with one attached hydrogen (secondary N) is 1. The number of carbonyl (C=O) groups is 2. The first-order valence-electron chi connectivity index (χ1n) is 14.9. The van der Waals surface area contributed by atoms with Gasteiger partial charge in [-0.25, -0.2) is 0 Å². The van der Waals surface area contributed by atoms with E-state index in [1.54, 1.807) is 0 Å². The molecule has 0 spiro atoms. The normalized spacial score (nSPS) is 14.1. The van der Waals surface area contributed by atoms with Crippen LogP contribution in [0.2, 0.25) is 0 Å². The minimum Gasteiger partial charge on any atom is -0.352 e. The van der Waals surface area contributed by atoms with Crippen LogP contribution in [0.1, 0.15) is 65.8 Å². The highest BCUT2D eigenvalue weighted by Crippen LogP contribution is 2.30. The predicted molar refractivity (Wildman–Crippen MR) is 165 cm³/mol. The second kappa shape index (κ2) is 13.9. The number of hydrogen-bond acceptors (Lipinski definition) is 2. The lowest BCUT2D eigenvalue weighted by Crippen LogP contribution is -2.52. The minimum absolute atomic E-state index is 0.0216. The lowest BCUT2D eigenvalue weighted by atomic mass is 9.87. The Hall–Kier alpha value is -4.18. The number of aryl methyl sites for hydroxylation is 1. The predicted octanol–water partition coefficient (Wildman–Crippen LogP) is 7.22. The second-order valence-electron chi connectivity index (χ2n) is 11.3. The van der Waals surface area contributed by atoms with Crippen LogP contribution in [0.5, 0.6) is 0 Å². The van der Waals surface area contributed by atoms with Crippen molar-refractivity contribution in [2.75, 3.05) is 0 Å². The van der Waals surface area contributed by atoms with Gasteiger partial charge in [0, 0.05) is 31.3 Å². The van der Waals surface area contributed by atoms with Crippen molar-refractivity contribution in [3.8, 4) is 0 Å². The van der Waals surface area contributed by atoms with Crippen LogP contribution in [0.4, 0.5) is 0 Å². The maximum absolute atomic E-state index is 14.5. The van der Waals surface area contributed by atoms with Crippen LogP contribution < -0.4 is 5.32 Å². The SMILES string of the molecule is Cc1cccc(CN(C(=O)CC(c2ccccc2)c2ccccc2)[C@@H](Cc2ccccc2)C(=O)NC2CCCC2)c1. The van der Waals surface area contributed by atoms with Crippen molar-refractivity contribution in [1.82, 2.24) is 10.2 Å². The molecular weight excluding hydrogens is 504 g/mol. The standard InChI is InChI=1S/C37H40N2O2/c1-28-14-13-17-30(24-28)27-39(35(25-29-15-5-2-6-16-29)37(41)38-33-22-11-12-23-33)36(40)26-34(31-18-7-3-8-19-31)32-20-9-4-10-21-32/h2-10,13-21,24,33-35H,11-12,22-23,25-27H2,1H3,(H,38,41)/t35-/m0/s1. The summed E-state index contributed by atoms with van der Waals surface area (Å²) < 4.78 is 0. The van der Waals surface area contributed by atoms with Crippen LogP contribution in [-0.2, 0) is 22.6 Å². The van der Waals surface area contributed by atoms with E-state index in [1.165, 1.54) is 0 Å². The van der Waals surface area contributed by atoms with E-state index in [-0.39, 0.29) is 30.2 Å². The number of hydrogen-bond donors (Lipinski definition) is 1. The van der Waals surface area contributed by atoms with E-state index in [9.17, 15) is 9.59 Å². The van der Waals surface area contributed by atoms with Crippen molar-refractivity contribution in [2.24, 2.45) is 0 Å². The zero-order valence-electron chi connectivity index (χ0n) is 23.9. The highest BCUT2D eigenvalue weighted by Gasteiger charge is 2.33. The van der Waals surface area contributed by atoms with Gasteiger partial charge in [-0.05, 0) is 42.0 Å². The molecule has 0 bridgehead atoms. The maximum atomic E-state index is 14.5. The molecule has 41 heavy (non-hydrogen) atoms. The average molecular weight is 545 g/mol. The highest BCUT2D eigenvalue weighted by atomic mass is 16.2. The molecule has 0 radical (unpaired) electrons. The van der Waals surface area contributed by atoms with Gasteiger partial charge in [-0.3, -0.25) is 9.59 Å². The third kappa shape index (κ3) is 7.73. The van der Waals surface area contributed by atoms with E-state index in [0.717, 1.165) is 53.5 Å². The first-order valence-corrected chi connectivity index (χ1v) is 14.9. The molecule has 2 amide bonds. The lowest BCUT2D eigenvalue weighted by Gasteiger charge is -2.33. The Labute approximate surface area is 244 Å². The molecule has 4 aromatic rings. The molecule has 4 nitrogen and oxygen atoms in total. The third-order valence-electron chi connectivity index (χ3n) is 8.19. The van der Waals surface area contributed by atoms with Gasteiger partial charge < -0.3 is 10.2 Å². The molecule has 4 aromatic carbocycles. The monoisotopic (exact) mass is 544 g/mol. The number of carbonyl (C=O) groups excluding carboxylic acids is 2. The average Bonchev–Trinajstić information content (AvgIpc) is 3.52. The Kier molecular flexibility index (Phi) is 9.64. The molecule has 210 valence electrons. The molecular formula is C37H40N2O2. The highest BCUT2D eigenvalue weighted by molar-refractivity contribution is 5.88. The Bertz CT molecular complexity index is 1360. The zero-order valence-corrected chi connectivity index (χ0v) is 23.9. The molecule has 1 saturated carbocycles. The molecule has 1 aliphatic rings. The summed E-state index contributed by atoms with van der Waals surface area (Å²) in [6.07, 6.45) is 5.02. The van der Waals surface area contributed by atoms with Crippen LogP contribution >= 0.6 is 0 Å². The Morgan fingerprint density at radius 1 is 0.756 bits per heavy atom. The first-order chi connectivity index (χ1) is 20.1. The first kappa shape index (κ1) is 28.4. The van der Waals surface area contributed by atoms with Crippen LogP contribution in [0.25, 0.3) is 0 Å². The van der Waals surface area contributed by atoms with E-state index in [4.69, 9.17) is 0 Å². The summed E-state index contributed by atoms with van der Waals surface area (Å²) in [6.45, 7) is 2.44. The number of benzene rings is 4. The number of amides is 2. The van der Waals surface area contributed by atoms with E-state index in [1.807, 2.05) is 83.8 Å². The van der Waals surface area contributed by atoms with Crippen molar-refractivity contribution in [3.63, 3.8) is 0 Å². The minimum atomic E-state index is -0.613. The molecule has 4 heteroatoms. The van der Waals surface area contributed by atoms with Gasteiger partial charge in [0.1, 0.15) is 6.04 Å². The van der Waals surface area contributed by atoms with E-state index in [0.29, 0.717) is 13.0 Å². The van der Waals surface area contributed by atoms with E-state index < -0.39 is 6.04 Å². The molecule has 0 aliphatic heterocycles. The van der Waals surface area contributed by atoms with Crippen molar-refractivity contribution < 1.29 is 9.59 Å². The lowest BCUT2D eigenvalue weighted by molar-refractivity contribution is -0.141. The molecule has 0 saturated heterocycles.